The zero-order valence-electron chi connectivity index (χ0n) is 11.0. The molecule has 1 heterocycles. The lowest BCUT2D eigenvalue weighted by molar-refractivity contribution is -0.154. The molecule has 1 aromatic heterocycles. The molecule has 0 saturated heterocycles. The van der Waals surface area contributed by atoms with Crippen LogP contribution in [0.15, 0.2) is 23.3 Å². The van der Waals surface area contributed by atoms with Crippen molar-refractivity contribution in [2.75, 3.05) is 20.7 Å². The Hall–Kier alpha value is -1.26. The summed E-state index contributed by atoms with van der Waals surface area (Å²) in [6.07, 6.45) is -2.91. The summed E-state index contributed by atoms with van der Waals surface area (Å²) in [6.45, 7) is -0.885. The zero-order chi connectivity index (χ0) is 14.3. The fourth-order valence-electron chi connectivity index (χ4n) is 1.22. The van der Waals surface area contributed by atoms with E-state index in [1.54, 1.807) is 20.2 Å². The molecular weight excluding hydrogens is 388 g/mol. The Morgan fingerprint density at radius 1 is 1.40 bits per heavy atom. The van der Waals surface area contributed by atoms with E-state index in [0.717, 1.165) is 5.56 Å². The average Bonchev–Trinajstić information content (AvgIpc) is 2.38. The van der Waals surface area contributed by atoms with Gasteiger partial charge in [-0.25, -0.2) is 4.98 Å². The number of nitrogens with one attached hydrogen (secondary N) is 2. The van der Waals surface area contributed by atoms with E-state index >= 15 is 0 Å². The van der Waals surface area contributed by atoms with Gasteiger partial charge in [-0.05, 0) is 5.56 Å². The Morgan fingerprint density at radius 3 is 2.55 bits per heavy atom. The van der Waals surface area contributed by atoms with Crippen LogP contribution in [-0.2, 0) is 6.54 Å². The van der Waals surface area contributed by atoms with Crippen molar-refractivity contribution in [3.63, 3.8) is 0 Å². The maximum Gasteiger partial charge on any atom is 0.422 e. The minimum absolute atomic E-state index is 0. The van der Waals surface area contributed by atoms with E-state index in [4.69, 9.17) is 0 Å². The summed E-state index contributed by atoms with van der Waals surface area (Å²) in [6, 6.07) is 3.03. The summed E-state index contributed by atoms with van der Waals surface area (Å²) in [5.41, 5.74) is 0.802. The number of nitrogens with zero attached hydrogens (tertiary/aromatic N) is 2. The number of guanidine groups is 1. The van der Waals surface area contributed by atoms with Crippen molar-refractivity contribution in [1.29, 1.82) is 0 Å². The van der Waals surface area contributed by atoms with Crippen LogP contribution in [0.2, 0.25) is 0 Å². The minimum atomic E-state index is -4.36. The highest BCUT2D eigenvalue weighted by molar-refractivity contribution is 14.0. The molecule has 0 aromatic carbocycles. The van der Waals surface area contributed by atoms with E-state index in [-0.39, 0.29) is 29.9 Å². The second kappa shape index (κ2) is 8.82. The number of ether oxygens (including phenoxy) is 1. The molecule has 0 bridgehead atoms. The van der Waals surface area contributed by atoms with Gasteiger partial charge in [-0.15, -0.1) is 24.0 Å². The van der Waals surface area contributed by atoms with Gasteiger partial charge in [-0.2, -0.15) is 13.2 Å². The number of pyridine rings is 1. The quantitative estimate of drug-likeness (QED) is 0.458. The number of hydrogen-bond donors (Lipinski definition) is 2. The average molecular weight is 404 g/mol. The molecule has 20 heavy (non-hydrogen) atoms. The monoisotopic (exact) mass is 404 g/mol. The summed E-state index contributed by atoms with van der Waals surface area (Å²) in [7, 11) is 3.35. The molecule has 1 aromatic rings. The number of halogens is 4. The van der Waals surface area contributed by atoms with Gasteiger partial charge in [0.15, 0.2) is 12.6 Å². The van der Waals surface area contributed by atoms with Crippen molar-refractivity contribution in [1.82, 2.24) is 15.6 Å². The molecule has 0 amide bonds. The molecule has 2 N–H and O–H groups in total. The second-order valence-corrected chi connectivity index (χ2v) is 3.58. The number of hydrogen-bond acceptors (Lipinski definition) is 3. The summed E-state index contributed by atoms with van der Waals surface area (Å²) < 4.78 is 40.3. The molecule has 0 aliphatic carbocycles. The molecular formula is C11H16F3IN4O. The van der Waals surface area contributed by atoms with Gasteiger partial charge >= 0.3 is 6.18 Å². The lowest BCUT2D eigenvalue weighted by atomic mass is 10.3. The predicted molar refractivity (Wildman–Crippen MR) is 80.5 cm³/mol. The SMILES string of the molecule is CN=C(NC)NCc1ccc(OCC(F)(F)F)nc1.I. The zero-order valence-corrected chi connectivity index (χ0v) is 13.3. The van der Waals surface area contributed by atoms with Gasteiger partial charge < -0.3 is 15.4 Å². The van der Waals surface area contributed by atoms with Gasteiger partial charge in [-0.3, -0.25) is 4.99 Å². The molecule has 0 saturated carbocycles. The van der Waals surface area contributed by atoms with Crippen LogP contribution >= 0.6 is 24.0 Å². The molecule has 0 spiro atoms. The Morgan fingerprint density at radius 2 is 2.10 bits per heavy atom. The van der Waals surface area contributed by atoms with E-state index < -0.39 is 12.8 Å². The van der Waals surface area contributed by atoms with E-state index in [0.29, 0.717) is 12.5 Å². The van der Waals surface area contributed by atoms with Crippen LogP contribution in [0, 0.1) is 0 Å². The van der Waals surface area contributed by atoms with Gasteiger partial charge in [0.25, 0.3) is 0 Å². The van der Waals surface area contributed by atoms with Crippen molar-refractivity contribution in [3.8, 4) is 5.88 Å². The number of aromatic nitrogens is 1. The van der Waals surface area contributed by atoms with E-state index in [2.05, 4.69) is 25.3 Å². The largest absolute Gasteiger partial charge is 0.468 e. The lowest BCUT2D eigenvalue weighted by Gasteiger charge is -2.10. The van der Waals surface area contributed by atoms with Crippen LogP contribution in [0.3, 0.4) is 0 Å². The summed E-state index contributed by atoms with van der Waals surface area (Å²) >= 11 is 0. The third-order valence-electron chi connectivity index (χ3n) is 2.10. The summed E-state index contributed by atoms with van der Waals surface area (Å²) in [4.78, 5) is 7.71. The molecule has 0 radical (unpaired) electrons. The molecule has 1 rings (SSSR count). The van der Waals surface area contributed by atoms with E-state index in [1.807, 2.05) is 0 Å². The predicted octanol–water partition coefficient (Wildman–Crippen LogP) is 1.94. The molecule has 0 atom stereocenters. The second-order valence-electron chi connectivity index (χ2n) is 3.58. The van der Waals surface area contributed by atoms with Gasteiger partial charge in [0.1, 0.15) is 0 Å². The van der Waals surface area contributed by atoms with Crippen molar-refractivity contribution < 1.29 is 17.9 Å². The van der Waals surface area contributed by atoms with Crippen LogP contribution in [0.5, 0.6) is 5.88 Å². The minimum Gasteiger partial charge on any atom is -0.468 e. The topological polar surface area (TPSA) is 58.5 Å². The van der Waals surface area contributed by atoms with Gasteiger partial charge in [0, 0.05) is 32.9 Å². The van der Waals surface area contributed by atoms with Gasteiger partial charge in [0.05, 0.1) is 0 Å². The van der Waals surface area contributed by atoms with Crippen LogP contribution in [0.25, 0.3) is 0 Å². The fraction of sp³-hybridized carbons (Fsp3) is 0.455. The number of rotatable bonds is 4. The smallest absolute Gasteiger partial charge is 0.422 e. The highest BCUT2D eigenvalue weighted by atomic mass is 127. The van der Waals surface area contributed by atoms with Crippen molar-refractivity contribution >= 4 is 29.9 Å². The molecule has 0 unspecified atom stereocenters. The van der Waals surface area contributed by atoms with Crippen LogP contribution in [-0.4, -0.2) is 37.8 Å². The van der Waals surface area contributed by atoms with Gasteiger partial charge in [0.2, 0.25) is 5.88 Å². The highest BCUT2D eigenvalue weighted by Crippen LogP contribution is 2.16. The summed E-state index contributed by atoms with van der Waals surface area (Å²) in [5.74, 6) is 0.552. The Kier molecular flexibility index (Phi) is 8.26. The molecule has 0 aliphatic heterocycles. The maximum atomic E-state index is 11.9. The first-order chi connectivity index (χ1) is 8.94. The Bertz CT molecular complexity index is 423. The standard InChI is InChI=1S/C11H15F3N4O.HI/c1-15-10(16-2)18-6-8-3-4-9(17-5-8)19-7-11(12,13)14;/h3-5H,6-7H2,1-2H3,(H2,15,16,18);1H. The van der Waals surface area contributed by atoms with Crippen molar-refractivity contribution in [2.24, 2.45) is 4.99 Å². The third kappa shape index (κ3) is 7.36. The number of aliphatic imine (C=N–C) groups is 1. The van der Waals surface area contributed by atoms with Crippen LogP contribution < -0.4 is 15.4 Å². The summed E-state index contributed by atoms with van der Waals surface area (Å²) in [5, 5.41) is 5.83. The normalized spacial score (nSPS) is 11.6. The first kappa shape index (κ1) is 18.7. The van der Waals surface area contributed by atoms with Crippen LogP contribution in [0.4, 0.5) is 13.2 Å². The van der Waals surface area contributed by atoms with Crippen molar-refractivity contribution in [3.05, 3.63) is 23.9 Å². The van der Waals surface area contributed by atoms with E-state index in [1.165, 1.54) is 12.3 Å². The molecule has 5 nitrogen and oxygen atoms in total. The van der Waals surface area contributed by atoms with Crippen LogP contribution in [0.1, 0.15) is 5.56 Å². The lowest BCUT2D eigenvalue weighted by Crippen LogP contribution is -2.34. The third-order valence-corrected chi connectivity index (χ3v) is 2.10. The van der Waals surface area contributed by atoms with Crippen molar-refractivity contribution in [2.45, 2.75) is 12.7 Å². The van der Waals surface area contributed by atoms with Gasteiger partial charge in [-0.1, -0.05) is 6.07 Å². The first-order valence-electron chi connectivity index (χ1n) is 5.47. The molecule has 114 valence electrons. The highest BCUT2D eigenvalue weighted by Gasteiger charge is 2.28. The molecule has 0 aliphatic rings. The Labute approximate surface area is 132 Å². The molecule has 9 heteroatoms. The number of alkyl halides is 3. The molecule has 0 fully saturated rings. The fourth-order valence-corrected chi connectivity index (χ4v) is 1.22. The van der Waals surface area contributed by atoms with E-state index in [9.17, 15) is 13.2 Å². The Balaban J connectivity index is 0.00000361. The first-order valence-corrected chi connectivity index (χ1v) is 5.47. The maximum absolute atomic E-state index is 11.9.